The fraction of sp³-hybridized carbons (Fsp3) is 0.0270. The number of nitrogens with two attached hydrogens (primary N) is 1. The van der Waals surface area contributed by atoms with Gasteiger partial charge in [0.1, 0.15) is 0 Å². The van der Waals surface area contributed by atoms with Crippen LogP contribution in [0.4, 0.5) is 22.7 Å². The fourth-order valence-corrected chi connectivity index (χ4v) is 5.57. The number of anilines is 4. The van der Waals surface area contributed by atoms with Crippen LogP contribution in [0.3, 0.4) is 0 Å². The molecular weight excluding hydrogens is 472 g/mol. The summed E-state index contributed by atoms with van der Waals surface area (Å²) in [4.78, 5) is 2.37. The Morgan fingerprint density at radius 2 is 1.03 bits per heavy atom. The first-order valence-electron chi connectivity index (χ1n) is 13.3. The molecule has 0 saturated heterocycles. The molecule has 0 amide bonds. The maximum Gasteiger partial charge on any atom is 0.0540 e. The van der Waals surface area contributed by atoms with Gasteiger partial charge in [0, 0.05) is 22.4 Å². The lowest BCUT2D eigenvalue weighted by Crippen LogP contribution is -2.10. The molecule has 0 aliphatic rings. The molecule has 2 heteroatoms. The van der Waals surface area contributed by atoms with Gasteiger partial charge in [-0.05, 0) is 87.4 Å². The normalized spacial score (nSPS) is 11.7. The molecule has 7 aromatic carbocycles. The molecule has 7 aromatic rings. The van der Waals surface area contributed by atoms with E-state index in [4.69, 9.17) is 5.73 Å². The van der Waals surface area contributed by atoms with Gasteiger partial charge in [0.2, 0.25) is 0 Å². The first-order chi connectivity index (χ1) is 19.1. The van der Waals surface area contributed by atoms with Gasteiger partial charge in [0.15, 0.2) is 0 Å². The standard InChI is InChI=1S/C37H28N2/c1-25-5-19-32(20-6-25)39(33-21-11-27(12-22-33)8-7-26-9-17-31(38)18-10-26)35-24-16-30-14-13-28-3-2-4-29-15-23-34(35)37(30)36(28)29/h2-24H,38H2,1H3. The number of hydrogen-bond donors (Lipinski definition) is 1. The van der Waals surface area contributed by atoms with Crippen LogP contribution in [0.5, 0.6) is 0 Å². The molecule has 0 heterocycles. The molecule has 0 spiro atoms. The SMILES string of the molecule is Cc1ccc(N(c2ccc(C=Cc3ccc(N)cc3)cc2)c2ccc3ccc4cccc5ccc2c3c45)cc1. The van der Waals surface area contributed by atoms with Crippen molar-refractivity contribution in [2.45, 2.75) is 6.92 Å². The van der Waals surface area contributed by atoms with E-state index in [1.807, 2.05) is 24.3 Å². The maximum atomic E-state index is 5.83. The van der Waals surface area contributed by atoms with Gasteiger partial charge in [0.05, 0.1) is 5.69 Å². The predicted octanol–water partition coefficient (Wildman–Crippen LogP) is 10.1. The Morgan fingerprint density at radius 3 is 1.67 bits per heavy atom. The lowest BCUT2D eigenvalue weighted by molar-refractivity contribution is 1.29. The van der Waals surface area contributed by atoms with Gasteiger partial charge in [-0.15, -0.1) is 0 Å². The van der Waals surface area contributed by atoms with Crippen LogP contribution in [0.25, 0.3) is 44.5 Å². The van der Waals surface area contributed by atoms with Crippen molar-refractivity contribution in [1.82, 2.24) is 0 Å². The van der Waals surface area contributed by atoms with Crippen LogP contribution in [0.2, 0.25) is 0 Å². The van der Waals surface area contributed by atoms with Gasteiger partial charge in [-0.1, -0.05) is 103 Å². The minimum absolute atomic E-state index is 0.777. The second-order valence-corrected chi connectivity index (χ2v) is 10.2. The first kappa shape index (κ1) is 23.1. The van der Waals surface area contributed by atoms with Crippen LogP contribution in [0.15, 0.2) is 127 Å². The highest BCUT2D eigenvalue weighted by Crippen LogP contribution is 2.43. The summed E-state index contributed by atoms with van der Waals surface area (Å²) in [5.41, 5.74) is 13.6. The van der Waals surface area contributed by atoms with Crippen molar-refractivity contribution in [2.24, 2.45) is 0 Å². The van der Waals surface area contributed by atoms with Crippen LogP contribution < -0.4 is 10.6 Å². The van der Waals surface area contributed by atoms with E-state index in [0.29, 0.717) is 0 Å². The van der Waals surface area contributed by atoms with Crippen molar-refractivity contribution in [3.63, 3.8) is 0 Å². The van der Waals surface area contributed by atoms with Crippen LogP contribution in [-0.2, 0) is 0 Å². The van der Waals surface area contributed by atoms with Crippen LogP contribution in [-0.4, -0.2) is 0 Å². The van der Waals surface area contributed by atoms with Crippen LogP contribution in [0.1, 0.15) is 16.7 Å². The van der Waals surface area contributed by atoms with Crippen molar-refractivity contribution in [3.05, 3.63) is 144 Å². The summed E-state index contributed by atoms with van der Waals surface area (Å²) in [7, 11) is 0. The second kappa shape index (κ2) is 9.34. The Balaban J connectivity index is 1.37. The summed E-state index contributed by atoms with van der Waals surface area (Å²) in [5.74, 6) is 0. The minimum Gasteiger partial charge on any atom is -0.399 e. The minimum atomic E-state index is 0.777. The highest BCUT2D eigenvalue weighted by Gasteiger charge is 2.18. The van der Waals surface area contributed by atoms with Crippen molar-refractivity contribution < 1.29 is 0 Å². The van der Waals surface area contributed by atoms with Gasteiger partial charge >= 0.3 is 0 Å². The Hall–Kier alpha value is -5.08. The number of nitrogens with zero attached hydrogens (tertiary/aromatic N) is 1. The van der Waals surface area contributed by atoms with Gasteiger partial charge in [0.25, 0.3) is 0 Å². The number of aryl methyl sites for hydroxylation is 1. The van der Waals surface area contributed by atoms with Gasteiger partial charge in [-0.3, -0.25) is 0 Å². The van der Waals surface area contributed by atoms with Gasteiger partial charge < -0.3 is 10.6 Å². The summed E-state index contributed by atoms with van der Waals surface area (Å²) in [5, 5.41) is 7.74. The molecule has 0 aliphatic heterocycles. The molecule has 39 heavy (non-hydrogen) atoms. The molecule has 0 atom stereocenters. The molecule has 0 bridgehead atoms. The lowest BCUT2D eigenvalue weighted by atomic mass is 9.93. The average Bonchev–Trinajstić information content (AvgIpc) is 2.98. The molecule has 0 unspecified atom stereocenters. The van der Waals surface area contributed by atoms with E-state index in [0.717, 1.165) is 28.2 Å². The van der Waals surface area contributed by atoms with E-state index in [1.54, 1.807) is 0 Å². The van der Waals surface area contributed by atoms with E-state index in [9.17, 15) is 0 Å². The summed E-state index contributed by atoms with van der Waals surface area (Å²) in [6, 6.07) is 45.6. The predicted molar refractivity (Wildman–Crippen MR) is 169 cm³/mol. The summed E-state index contributed by atoms with van der Waals surface area (Å²) in [6.07, 6.45) is 4.26. The zero-order valence-corrected chi connectivity index (χ0v) is 21.8. The number of benzene rings is 7. The molecule has 0 radical (unpaired) electrons. The summed E-state index contributed by atoms with van der Waals surface area (Å²) >= 11 is 0. The molecule has 2 N–H and O–H groups in total. The van der Waals surface area contributed by atoms with Crippen molar-refractivity contribution >= 4 is 67.2 Å². The average molecular weight is 501 g/mol. The molecule has 0 fully saturated rings. The largest absolute Gasteiger partial charge is 0.399 e. The van der Waals surface area contributed by atoms with Crippen molar-refractivity contribution in [1.29, 1.82) is 0 Å². The lowest BCUT2D eigenvalue weighted by Gasteiger charge is -2.28. The molecule has 7 rings (SSSR count). The Labute approximate surface area is 228 Å². The van der Waals surface area contributed by atoms with Gasteiger partial charge in [-0.25, -0.2) is 0 Å². The summed E-state index contributed by atoms with van der Waals surface area (Å²) < 4.78 is 0. The van der Waals surface area contributed by atoms with E-state index < -0.39 is 0 Å². The molecule has 0 aromatic heterocycles. The van der Waals surface area contributed by atoms with E-state index in [-0.39, 0.29) is 0 Å². The third-order valence-electron chi connectivity index (χ3n) is 7.59. The zero-order valence-electron chi connectivity index (χ0n) is 21.8. The van der Waals surface area contributed by atoms with E-state index in [1.165, 1.54) is 43.6 Å². The Kier molecular flexibility index (Phi) is 5.53. The topological polar surface area (TPSA) is 29.3 Å². The number of hydrogen-bond acceptors (Lipinski definition) is 2. The maximum absolute atomic E-state index is 5.83. The fourth-order valence-electron chi connectivity index (χ4n) is 5.57. The smallest absolute Gasteiger partial charge is 0.0540 e. The highest BCUT2D eigenvalue weighted by molar-refractivity contribution is 6.25. The quantitative estimate of drug-likeness (QED) is 0.145. The summed E-state index contributed by atoms with van der Waals surface area (Å²) in [6.45, 7) is 2.13. The van der Waals surface area contributed by atoms with Crippen molar-refractivity contribution in [2.75, 3.05) is 10.6 Å². The third kappa shape index (κ3) is 4.17. The molecule has 186 valence electrons. The van der Waals surface area contributed by atoms with E-state index >= 15 is 0 Å². The molecular formula is C37H28N2. The Bertz CT molecular complexity index is 1930. The number of nitrogen functional groups attached to an aromatic ring is 1. The molecule has 0 saturated carbocycles. The first-order valence-corrected chi connectivity index (χ1v) is 13.3. The van der Waals surface area contributed by atoms with Crippen molar-refractivity contribution in [3.8, 4) is 0 Å². The molecule has 2 nitrogen and oxygen atoms in total. The zero-order chi connectivity index (χ0) is 26.3. The monoisotopic (exact) mass is 500 g/mol. The van der Waals surface area contributed by atoms with E-state index in [2.05, 4.69) is 127 Å². The number of rotatable bonds is 5. The van der Waals surface area contributed by atoms with Crippen LogP contribution in [0, 0.1) is 6.92 Å². The Morgan fingerprint density at radius 1 is 0.513 bits per heavy atom. The van der Waals surface area contributed by atoms with Crippen LogP contribution >= 0.6 is 0 Å². The second-order valence-electron chi connectivity index (χ2n) is 10.2. The highest BCUT2D eigenvalue weighted by atomic mass is 15.1. The molecule has 0 aliphatic carbocycles. The van der Waals surface area contributed by atoms with Gasteiger partial charge in [-0.2, -0.15) is 0 Å². The third-order valence-corrected chi connectivity index (χ3v) is 7.59.